The van der Waals surface area contributed by atoms with Crippen LogP contribution in [0.2, 0.25) is 0 Å². The van der Waals surface area contributed by atoms with Crippen molar-refractivity contribution < 1.29 is 14.7 Å². The van der Waals surface area contributed by atoms with E-state index in [1.54, 1.807) is 4.90 Å². The van der Waals surface area contributed by atoms with Gasteiger partial charge in [0.15, 0.2) is 0 Å². The zero-order chi connectivity index (χ0) is 15.3. The lowest BCUT2D eigenvalue weighted by molar-refractivity contribution is -0.141. The van der Waals surface area contributed by atoms with Gasteiger partial charge in [-0.2, -0.15) is 0 Å². The molecule has 0 bridgehead atoms. The molecule has 0 saturated carbocycles. The third-order valence-corrected chi connectivity index (χ3v) is 4.11. The first-order valence-electron chi connectivity index (χ1n) is 7.57. The molecule has 1 heterocycles. The van der Waals surface area contributed by atoms with Gasteiger partial charge in [-0.3, -0.25) is 14.5 Å². The molecule has 0 radical (unpaired) electrons. The zero-order valence-corrected chi connectivity index (χ0v) is 13.1. The van der Waals surface area contributed by atoms with Crippen LogP contribution in [-0.4, -0.2) is 59.0 Å². The van der Waals surface area contributed by atoms with E-state index in [1.807, 2.05) is 18.7 Å². The van der Waals surface area contributed by atoms with Gasteiger partial charge in [0.1, 0.15) is 0 Å². The summed E-state index contributed by atoms with van der Waals surface area (Å²) >= 11 is 0. The first-order chi connectivity index (χ1) is 9.33. The van der Waals surface area contributed by atoms with Gasteiger partial charge in [-0.15, -0.1) is 0 Å². The molecule has 0 spiro atoms. The topological polar surface area (TPSA) is 60.9 Å². The summed E-state index contributed by atoms with van der Waals surface area (Å²) in [5, 5.41) is 8.97. The molecule has 5 nitrogen and oxygen atoms in total. The van der Waals surface area contributed by atoms with E-state index in [0.29, 0.717) is 11.8 Å². The van der Waals surface area contributed by atoms with Crippen molar-refractivity contribution in [2.75, 3.05) is 26.2 Å². The van der Waals surface area contributed by atoms with Crippen molar-refractivity contribution in [3.63, 3.8) is 0 Å². The summed E-state index contributed by atoms with van der Waals surface area (Å²) in [4.78, 5) is 27.0. The van der Waals surface area contributed by atoms with E-state index in [0.717, 1.165) is 25.9 Å². The van der Waals surface area contributed by atoms with Crippen molar-refractivity contribution in [2.24, 2.45) is 11.8 Å². The van der Waals surface area contributed by atoms with E-state index in [1.165, 1.54) is 0 Å². The number of carboxylic acid groups (broad SMARTS) is 1. The van der Waals surface area contributed by atoms with E-state index in [9.17, 15) is 9.59 Å². The summed E-state index contributed by atoms with van der Waals surface area (Å²) in [7, 11) is 0. The Morgan fingerprint density at radius 2 is 1.80 bits per heavy atom. The highest BCUT2D eigenvalue weighted by atomic mass is 16.4. The van der Waals surface area contributed by atoms with Crippen LogP contribution in [0.25, 0.3) is 0 Å². The smallest absolute Gasteiger partial charge is 0.317 e. The second-order valence-corrected chi connectivity index (χ2v) is 6.30. The maximum Gasteiger partial charge on any atom is 0.317 e. The van der Waals surface area contributed by atoms with Crippen molar-refractivity contribution in [3.8, 4) is 0 Å². The van der Waals surface area contributed by atoms with Gasteiger partial charge in [-0.25, -0.2) is 0 Å². The fourth-order valence-electron chi connectivity index (χ4n) is 2.94. The van der Waals surface area contributed by atoms with E-state index in [4.69, 9.17) is 5.11 Å². The van der Waals surface area contributed by atoms with Crippen molar-refractivity contribution in [1.82, 2.24) is 9.80 Å². The number of piperidine rings is 1. The molecular weight excluding hydrogens is 256 g/mol. The van der Waals surface area contributed by atoms with Gasteiger partial charge in [-0.1, -0.05) is 20.8 Å². The highest BCUT2D eigenvalue weighted by Crippen LogP contribution is 2.21. The monoisotopic (exact) mass is 284 g/mol. The van der Waals surface area contributed by atoms with E-state index in [-0.39, 0.29) is 25.0 Å². The predicted molar refractivity (Wildman–Crippen MR) is 78.5 cm³/mol. The number of aliphatic carboxylic acids is 1. The molecule has 1 N–H and O–H groups in total. The van der Waals surface area contributed by atoms with E-state index >= 15 is 0 Å². The molecule has 3 unspecified atom stereocenters. The van der Waals surface area contributed by atoms with Crippen LogP contribution in [0.15, 0.2) is 0 Å². The van der Waals surface area contributed by atoms with Crippen LogP contribution in [0.3, 0.4) is 0 Å². The molecule has 20 heavy (non-hydrogen) atoms. The predicted octanol–water partition coefficient (Wildman–Crippen LogP) is 1.68. The molecule has 1 fully saturated rings. The lowest BCUT2D eigenvalue weighted by Crippen LogP contribution is -2.49. The van der Waals surface area contributed by atoms with Crippen LogP contribution >= 0.6 is 0 Å². The van der Waals surface area contributed by atoms with E-state index in [2.05, 4.69) is 13.8 Å². The molecule has 1 aliphatic rings. The van der Waals surface area contributed by atoms with Crippen molar-refractivity contribution in [3.05, 3.63) is 0 Å². The molecule has 3 atom stereocenters. The molecule has 5 heteroatoms. The molecule has 0 aromatic carbocycles. The number of carbonyl (C=O) groups excluding carboxylic acids is 1. The number of rotatable bonds is 6. The summed E-state index contributed by atoms with van der Waals surface area (Å²) in [5.74, 6) is 0.238. The second kappa shape index (κ2) is 7.62. The Labute approximate surface area is 121 Å². The van der Waals surface area contributed by atoms with E-state index < -0.39 is 5.97 Å². The number of hydrogen-bond donors (Lipinski definition) is 1. The molecule has 1 aliphatic heterocycles. The second-order valence-electron chi connectivity index (χ2n) is 6.30. The van der Waals surface area contributed by atoms with Crippen molar-refractivity contribution in [1.29, 1.82) is 0 Å². The molecule has 1 saturated heterocycles. The standard InChI is InChI=1S/C15H28N2O3/c1-5-13(4)16(10-15(19)20)9-14(18)17-7-11(2)6-12(3)8-17/h11-13H,5-10H2,1-4H3,(H,19,20). The van der Waals surface area contributed by atoms with Gasteiger partial charge in [0.2, 0.25) is 5.91 Å². The van der Waals surface area contributed by atoms with Crippen LogP contribution in [0.1, 0.15) is 40.5 Å². The van der Waals surface area contributed by atoms with Gasteiger partial charge in [-0.05, 0) is 31.6 Å². The maximum absolute atomic E-state index is 12.4. The van der Waals surface area contributed by atoms with Gasteiger partial charge in [0.25, 0.3) is 0 Å². The van der Waals surface area contributed by atoms with Crippen LogP contribution in [-0.2, 0) is 9.59 Å². The van der Waals surface area contributed by atoms with Crippen LogP contribution < -0.4 is 0 Å². The third kappa shape index (κ3) is 5.12. The number of carboxylic acids is 1. The third-order valence-electron chi connectivity index (χ3n) is 4.11. The SMILES string of the molecule is CCC(C)N(CC(=O)O)CC(=O)N1CC(C)CC(C)C1. The summed E-state index contributed by atoms with van der Waals surface area (Å²) < 4.78 is 0. The van der Waals surface area contributed by atoms with Crippen LogP contribution in [0.4, 0.5) is 0 Å². The van der Waals surface area contributed by atoms with Crippen molar-refractivity contribution >= 4 is 11.9 Å². The Morgan fingerprint density at radius 3 is 2.25 bits per heavy atom. The number of hydrogen-bond acceptors (Lipinski definition) is 3. The minimum absolute atomic E-state index is 0.0601. The van der Waals surface area contributed by atoms with Gasteiger partial charge in [0.05, 0.1) is 13.1 Å². The Balaban J connectivity index is 2.62. The highest BCUT2D eigenvalue weighted by Gasteiger charge is 2.27. The zero-order valence-electron chi connectivity index (χ0n) is 13.1. The number of likely N-dealkylation sites (tertiary alicyclic amines) is 1. The highest BCUT2D eigenvalue weighted by molar-refractivity contribution is 5.79. The Hall–Kier alpha value is -1.10. The summed E-state index contributed by atoms with van der Waals surface area (Å²) in [6.45, 7) is 10.0. The summed E-state index contributed by atoms with van der Waals surface area (Å²) in [6.07, 6.45) is 2.00. The quantitative estimate of drug-likeness (QED) is 0.806. The van der Waals surface area contributed by atoms with Crippen molar-refractivity contribution in [2.45, 2.75) is 46.6 Å². The van der Waals surface area contributed by atoms with Crippen LogP contribution in [0.5, 0.6) is 0 Å². The van der Waals surface area contributed by atoms with Gasteiger partial charge < -0.3 is 10.0 Å². The molecule has 116 valence electrons. The number of nitrogens with zero attached hydrogens (tertiary/aromatic N) is 2. The fourth-order valence-corrected chi connectivity index (χ4v) is 2.94. The lowest BCUT2D eigenvalue weighted by Gasteiger charge is -2.37. The summed E-state index contributed by atoms with van der Waals surface area (Å²) in [6, 6.07) is 0.106. The normalized spacial score (nSPS) is 24.8. The molecule has 0 aromatic rings. The van der Waals surface area contributed by atoms with Gasteiger partial charge >= 0.3 is 5.97 Å². The maximum atomic E-state index is 12.4. The summed E-state index contributed by atoms with van der Waals surface area (Å²) in [5.41, 5.74) is 0. The first kappa shape index (κ1) is 17.0. The first-order valence-corrected chi connectivity index (χ1v) is 7.57. The lowest BCUT2D eigenvalue weighted by atomic mass is 9.92. The Bertz CT molecular complexity index is 336. The average Bonchev–Trinajstić information content (AvgIpc) is 2.35. The average molecular weight is 284 g/mol. The number of carbonyl (C=O) groups is 2. The minimum Gasteiger partial charge on any atom is -0.480 e. The molecule has 0 aliphatic carbocycles. The Morgan fingerprint density at radius 1 is 1.25 bits per heavy atom. The molecule has 1 rings (SSSR count). The molecule has 0 aromatic heterocycles. The minimum atomic E-state index is -0.876. The number of amides is 1. The van der Waals surface area contributed by atoms with Crippen LogP contribution in [0, 0.1) is 11.8 Å². The molecule has 1 amide bonds. The van der Waals surface area contributed by atoms with Gasteiger partial charge in [0, 0.05) is 19.1 Å². The molecular formula is C15H28N2O3. The largest absolute Gasteiger partial charge is 0.480 e. The fraction of sp³-hybridized carbons (Fsp3) is 0.867. The Kier molecular flexibility index (Phi) is 6.46.